The molecule has 0 unspecified atom stereocenters. The van der Waals surface area contributed by atoms with Crippen molar-refractivity contribution in [2.24, 2.45) is 0 Å². The number of nitrogens with zero attached hydrogens (tertiary/aromatic N) is 2. The van der Waals surface area contributed by atoms with Crippen LogP contribution in [0.15, 0.2) is 115 Å². The molecule has 0 atom stereocenters. The lowest BCUT2D eigenvalue weighted by Gasteiger charge is -2.18. The number of para-hydroxylation sites is 1. The fourth-order valence-corrected chi connectivity index (χ4v) is 6.41. The molecule has 2 heteroatoms. The first-order valence-corrected chi connectivity index (χ1v) is 13.0. The highest BCUT2D eigenvalue weighted by Crippen LogP contribution is 2.47. The molecule has 0 saturated heterocycles. The Morgan fingerprint density at radius 2 is 1.14 bits per heavy atom. The number of aromatic nitrogens is 2. The zero-order valence-corrected chi connectivity index (χ0v) is 20.6. The summed E-state index contributed by atoms with van der Waals surface area (Å²) in [5, 5.41) is 7.70. The average molecular weight is 473 g/mol. The monoisotopic (exact) mass is 472 g/mol. The Balaban J connectivity index is 1.61. The molecule has 2 nitrogen and oxygen atoms in total. The number of fused-ring (bicyclic) bond motifs is 5. The van der Waals surface area contributed by atoms with E-state index in [0.29, 0.717) is 0 Å². The maximum Gasteiger partial charge on any atom is 0.114 e. The quantitative estimate of drug-likeness (QED) is 0.234. The number of imidazole rings is 1. The third kappa shape index (κ3) is 2.73. The predicted molar refractivity (Wildman–Crippen MR) is 157 cm³/mol. The fourth-order valence-electron chi connectivity index (χ4n) is 6.41. The van der Waals surface area contributed by atoms with Crippen LogP contribution in [0, 0.1) is 0 Å². The standard InChI is InChI=1S/C35H24N2/c1-2-31-36-29-21-20-28(34-27-18-10-11-19-30(27)37(31)35(29)34)33-25-16-8-6-14-23(25)32(22-12-4-3-5-13-22)24-15-7-9-17-26(24)33/h3-21H,2H2,1H3. The summed E-state index contributed by atoms with van der Waals surface area (Å²) < 4.78 is 2.38. The van der Waals surface area contributed by atoms with E-state index in [1.54, 1.807) is 0 Å². The second kappa shape index (κ2) is 7.65. The first-order valence-electron chi connectivity index (χ1n) is 13.0. The van der Waals surface area contributed by atoms with Gasteiger partial charge in [0, 0.05) is 17.2 Å². The molecule has 8 rings (SSSR count). The van der Waals surface area contributed by atoms with Crippen LogP contribution in [-0.2, 0) is 6.42 Å². The molecule has 0 bridgehead atoms. The van der Waals surface area contributed by atoms with Crippen LogP contribution < -0.4 is 0 Å². The molecule has 0 amide bonds. The molecular formula is C35H24N2. The van der Waals surface area contributed by atoms with Crippen molar-refractivity contribution in [3.8, 4) is 22.3 Å². The van der Waals surface area contributed by atoms with Gasteiger partial charge in [-0.1, -0.05) is 110 Å². The lowest BCUT2D eigenvalue weighted by Crippen LogP contribution is -1.91. The third-order valence-corrected chi connectivity index (χ3v) is 7.88. The molecule has 0 fully saturated rings. The molecule has 6 aromatic carbocycles. The van der Waals surface area contributed by atoms with Gasteiger partial charge in [-0.15, -0.1) is 0 Å². The summed E-state index contributed by atoms with van der Waals surface area (Å²) in [7, 11) is 0. The maximum atomic E-state index is 5.02. The van der Waals surface area contributed by atoms with Crippen LogP contribution in [0.3, 0.4) is 0 Å². The molecule has 0 saturated carbocycles. The fraction of sp³-hybridized carbons (Fsp3) is 0.0571. The van der Waals surface area contributed by atoms with Crippen LogP contribution in [0.5, 0.6) is 0 Å². The van der Waals surface area contributed by atoms with Crippen molar-refractivity contribution in [1.29, 1.82) is 0 Å². The summed E-state index contributed by atoms with van der Waals surface area (Å²) in [5.74, 6) is 1.12. The van der Waals surface area contributed by atoms with E-state index in [0.717, 1.165) is 17.8 Å². The SMILES string of the molecule is CCc1nc2ccc(-c3c4ccccc4c(-c4ccccc4)c4ccccc34)c3c4ccccc4n1c23. The molecule has 174 valence electrons. The highest BCUT2D eigenvalue weighted by atomic mass is 15.0. The second-order valence-corrected chi connectivity index (χ2v) is 9.80. The van der Waals surface area contributed by atoms with Crippen molar-refractivity contribution >= 4 is 48.9 Å². The molecule has 0 radical (unpaired) electrons. The van der Waals surface area contributed by atoms with E-state index in [9.17, 15) is 0 Å². The molecular weight excluding hydrogens is 448 g/mol. The van der Waals surface area contributed by atoms with E-state index in [-0.39, 0.29) is 0 Å². The Labute approximate surface area is 214 Å². The summed E-state index contributed by atoms with van der Waals surface area (Å²) in [6, 6.07) is 41.9. The minimum atomic E-state index is 0.898. The van der Waals surface area contributed by atoms with E-state index >= 15 is 0 Å². The third-order valence-electron chi connectivity index (χ3n) is 7.88. The Bertz CT molecular complexity index is 2060. The predicted octanol–water partition coefficient (Wildman–Crippen LogP) is 9.28. The number of aryl methyl sites for hydroxylation is 1. The Morgan fingerprint density at radius 1 is 0.568 bits per heavy atom. The van der Waals surface area contributed by atoms with Crippen molar-refractivity contribution < 1.29 is 0 Å². The van der Waals surface area contributed by atoms with Crippen LogP contribution in [0.1, 0.15) is 12.7 Å². The van der Waals surface area contributed by atoms with Gasteiger partial charge in [-0.05, 0) is 55.9 Å². The van der Waals surface area contributed by atoms with Crippen molar-refractivity contribution in [3.63, 3.8) is 0 Å². The number of rotatable bonds is 3. The lowest BCUT2D eigenvalue weighted by molar-refractivity contribution is 0.961. The highest BCUT2D eigenvalue weighted by molar-refractivity contribution is 6.27. The molecule has 37 heavy (non-hydrogen) atoms. The van der Waals surface area contributed by atoms with Crippen molar-refractivity contribution in [3.05, 3.63) is 121 Å². The van der Waals surface area contributed by atoms with Crippen LogP contribution in [-0.4, -0.2) is 9.38 Å². The maximum absolute atomic E-state index is 5.02. The number of hydrogen-bond acceptors (Lipinski definition) is 1. The van der Waals surface area contributed by atoms with Crippen molar-refractivity contribution in [1.82, 2.24) is 9.38 Å². The highest BCUT2D eigenvalue weighted by Gasteiger charge is 2.23. The van der Waals surface area contributed by atoms with E-state index in [1.165, 1.54) is 65.6 Å². The summed E-state index contributed by atoms with van der Waals surface area (Å²) in [5.41, 5.74) is 8.65. The van der Waals surface area contributed by atoms with Crippen LogP contribution in [0.25, 0.3) is 71.1 Å². The molecule has 2 aromatic heterocycles. The van der Waals surface area contributed by atoms with Gasteiger partial charge in [-0.2, -0.15) is 0 Å². The summed E-state index contributed by atoms with van der Waals surface area (Å²) in [4.78, 5) is 5.02. The lowest BCUT2D eigenvalue weighted by atomic mass is 9.85. The van der Waals surface area contributed by atoms with Crippen LogP contribution >= 0.6 is 0 Å². The normalized spacial score (nSPS) is 12.0. The van der Waals surface area contributed by atoms with Gasteiger partial charge in [0.25, 0.3) is 0 Å². The van der Waals surface area contributed by atoms with E-state index < -0.39 is 0 Å². The van der Waals surface area contributed by atoms with Crippen molar-refractivity contribution in [2.75, 3.05) is 0 Å². The minimum Gasteiger partial charge on any atom is -0.295 e. The van der Waals surface area contributed by atoms with E-state index in [1.807, 2.05) is 0 Å². The zero-order chi connectivity index (χ0) is 24.5. The molecule has 0 aliphatic heterocycles. The Kier molecular flexibility index (Phi) is 4.24. The Hall–Kier alpha value is -4.69. The molecule has 8 aromatic rings. The van der Waals surface area contributed by atoms with E-state index in [4.69, 9.17) is 4.98 Å². The summed E-state index contributed by atoms with van der Waals surface area (Å²) in [6.45, 7) is 2.19. The molecule has 0 N–H and O–H groups in total. The molecule has 0 aliphatic carbocycles. The molecule has 0 spiro atoms. The summed E-state index contributed by atoms with van der Waals surface area (Å²) >= 11 is 0. The average Bonchev–Trinajstić information content (AvgIpc) is 3.51. The first kappa shape index (κ1) is 20.5. The van der Waals surface area contributed by atoms with Gasteiger partial charge in [0.05, 0.1) is 16.6 Å². The van der Waals surface area contributed by atoms with Crippen LogP contribution in [0.4, 0.5) is 0 Å². The topological polar surface area (TPSA) is 17.3 Å². The zero-order valence-electron chi connectivity index (χ0n) is 20.6. The van der Waals surface area contributed by atoms with E-state index in [2.05, 4.69) is 127 Å². The van der Waals surface area contributed by atoms with Gasteiger partial charge < -0.3 is 0 Å². The minimum absolute atomic E-state index is 0.898. The smallest absolute Gasteiger partial charge is 0.114 e. The van der Waals surface area contributed by atoms with Gasteiger partial charge in [0.2, 0.25) is 0 Å². The van der Waals surface area contributed by atoms with Gasteiger partial charge in [-0.3, -0.25) is 4.40 Å². The molecule has 2 heterocycles. The first-order chi connectivity index (χ1) is 18.3. The Morgan fingerprint density at radius 3 is 1.78 bits per heavy atom. The summed E-state index contributed by atoms with van der Waals surface area (Å²) in [6.07, 6.45) is 0.898. The molecule has 0 aliphatic rings. The van der Waals surface area contributed by atoms with Gasteiger partial charge in [0.15, 0.2) is 0 Å². The second-order valence-electron chi connectivity index (χ2n) is 9.80. The number of hydrogen-bond donors (Lipinski definition) is 0. The number of benzene rings is 6. The van der Waals surface area contributed by atoms with Gasteiger partial charge >= 0.3 is 0 Å². The van der Waals surface area contributed by atoms with Crippen LogP contribution in [0.2, 0.25) is 0 Å². The van der Waals surface area contributed by atoms with Gasteiger partial charge in [0.1, 0.15) is 5.82 Å². The van der Waals surface area contributed by atoms with Crippen molar-refractivity contribution in [2.45, 2.75) is 13.3 Å². The van der Waals surface area contributed by atoms with Gasteiger partial charge in [-0.25, -0.2) is 4.98 Å². The largest absolute Gasteiger partial charge is 0.295 e.